The van der Waals surface area contributed by atoms with Gasteiger partial charge >= 0.3 is 0 Å². The maximum atomic E-state index is 13.0. The Hall–Kier alpha value is -2.61. The maximum absolute atomic E-state index is 13.0. The molecule has 7 nitrogen and oxygen atoms in total. The van der Waals surface area contributed by atoms with Crippen LogP contribution in [0.25, 0.3) is 11.1 Å². The standard InChI is InChI=1S/C21H22ClN3O4/c22-15-7-5-14(6-8-15)9-21(19(28)23-10-16(27)11-26)12-25(13-21)20-24-17-3-1-2-4-18(17)29-20/h1-8,16,26-27H,9-13H2,(H,23,28). The minimum absolute atomic E-state index is 0.000584. The molecular weight excluding hydrogens is 394 g/mol. The van der Waals surface area contributed by atoms with Crippen molar-refractivity contribution in [2.45, 2.75) is 12.5 Å². The van der Waals surface area contributed by atoms with Gasteiger partial charge in [0.15, 0.2) is 5.58 Å². The van der Waals surface area contributed by atoms with E-state index in [4.69, 9.17) is 21.1 Å². The third kappa shape index (κ3) is 4.07. The van der Waals surface area contributed by atoms with Crippen molar-refractivity contribution in [3.8, 4) is 0 Å². The van der Waals surface area contributed by atoms with Gasteiger partial charge in [-0.2, -0.15) is 4.98 Å². The highest BCUT2D eigenvalue weighted by Gasteiger charge is 2.50. The number of halogens is 1. The first-order valence-electron chi connectivity index (χ1n) is 9.41. The molecule has 2 aromatic carbocycles. The van der Waals surface area contributed by atoms with Gasteiger partial charge < -0.3 is 24.8 Å². The van der Waals surface area contributed by atoms with E-state index in [-0.39, 0.29) is 12.5 Å². The summed E-state index contributed by atoms with van der Waals surface area (Å²) < 4.78 is 5.82. The van der Waals surface area contributed by atoms with E-state index >= 15 is 0 Å². The third-order valence-electron chi connectivity index (χ3n) is 5.19. The van der Waals surface area contributed by atoms with Crippen LogP contribution in [-0.2, 0) is 11.2 Å². The van der Waals surface area contributed by atoms with Crippen LogP contribution in [0.4, 0.5) is 6.01 Å². The minimum atomic E-state index is -0.986. The molecule has 1 fully saturated rings. The molecule has 1 amide bonds. The van der Waals surface area contributed by atoms with Crippen molar-refractivity contribution < 1.29 is 19.4 Å². The minimum Gasteiger partial charge on any atom is -0.423 e. The van der Waals surface area contributed by atoms with Crippen LogP contribution in [0, 0.1) is 5.41 Å². The van der Waals surface area contributed by atoms with Crippen molar-refractivity contribution in [1.82, 2.24) is 10.3 Å². The van der Waals surface area contributed by atoms with Crippen LogP contribution in [0.2, 0.25) is 5.02 Å². The number of carbonyl (C=O) groups excluding carboxylic acids is 1. The van der Waals surface area contributed by atoms with E-state index in [2.05, 4.69) is 10.3 Å². The van der Waals surface area contributed by atoms with Gasteiger partial charge in [-0.25, -0.2) is 0 Å². The van der Waals surface area contributed by atoms with E-state index in [0.717, 1.165) is 11.1 Å². The van der Waals surface area contributed by atoms with Crippen molar-refractivity contribution in [2.75, 3.05) is 31.1 Å². The molecule has 0 saturated carbocycles. The van der Waals surface area contributed by atoms with Gasteiger partial charge in [-0.1, -0.05) is 35.9 Å². The Morgan fingerprint density at radius 2 is 1.97 bits per heavy atom. The Labute approximate surface area is 172 Å². The molecule has 0 bridgehead atoms. The molecule has 0 radical (unpaired) electrons. The Morgan fingerprint density at radius 3 is 2.66 bits per heavy atom. The Morgan fingerprint density at radius 1 is 1.24 bits per heavy atom. The highest BCUT2D eigenvalue weighted by atomic mass is 35.5. The molecule has 4 rings (SSSR count). The molecule has 1 aliphatic rings. The highest BCUT2D eigenvalue weighted by molar-refractivity contribution is 6.30. The number of aliphatic hydroxyl groups is 2. The number of aliphatic hydroxyl groups excluding tert-OH is 2. The Bertz CT molecular complexity index is 966. The number of anilines is 1. The Kier molecular flexibility index (Phi) is 5.45. The summed E-state index contributed by atoms with van der Waals surface area (Å²) in [5, 5.41) is 22.0. The first-order chi connectivity index (χ1) is 14.0. The maximum Gasteiger partial charge on any atom is 0.298 e. The zero-order valence-electron chi connectivity index (χ0n) is 15.7. The summed E-state index contributed by atoms with van der Waals surface area (Å²) >= 11 is 5.98. The summed E-state index contributed by atoms with van der Waals surface area (Å²) in [5.74, 6) is -0.174. The fraction of sp³-hybridized carbons (Fsp3) is 0.333. The van der Waals surface area contributed by atoms with Gasteiger partial charge in [0.2, 0.25) is 5.91 Å². The van der Waals surface area contributed by atoms with Crippen LogP contribution in [0.1, 0.15) is 5.56 Å². The number of oxazole rings is 1. The molecule has 0 spiro atoms. The summed E-state index contributed by atoms with van der Waals surface area (Å²) in [7, 11) is 0. The van der Waals surface area contributed by atoms with Gasteiger partial charge in [0.1, 0.15) is 5.52 Å². The molecule has 3 N–H and O–H groups in total. The largest absolute Gasteiger partial charge is 0.423 e. The van der Waals surface area contributed by atoms with Gasteiger partial charge in [-0.15, -0.1) is 0 Å². The number of fused-ring (bicyclic) bond motifs is 1. The average molecular weight is 416 g/mol. The van der Waals surface area contributed by atoms with Crippen molar-refractivity contribution in [3.63, 3.8) is 0 Å². The molecule has 1 unspecified atom stereocenters. The molecule has 0 aliphatic carbocycles. The van der Waals surface area contributed by atoms with E-state index in [1.54, 1.807) is 12.1 Å². The smallest absolute Gasteiger partial charge is 0.298 e. The van der Waals surface area contributed by atoms with Gasteiger partial charge in [-0.05, 0) is 36.2 Å². The lowest BCUT2D eigenvalue weighted by Gasteiger charge is -2.48. The van der Waals surface area contributed by atoms with Crippen molar-refractivity contribution in [1.29, 1.82) is 0 Å². The molecule has 1 saturated heterocycles. The number of nitrogens with zero attached hydrogens (tertiary/aromatic N) is 2. The number of hydrogen-bond donors (Lipinski definition) is 3. The number of hydrogen-bond acceptors (Lipinski definition) is 6. The van der Waals surface area contributed by atoms with Gasteiger partial charge in [-0.3, -0.25) is 4.79 Å². The second-order valence-corrected chi connectivity index (χ2v) is 7.89. The third-order valence-corrected chi connectivity index (χ3v) is 5.44. The van der Waals surface area contributed by atoms with Crippen LogP contribution >= 0.6 is 11.6 Å². The molecule has 1 aliphatic heterocycles. The quantitative estimate of drug-likeness (QED) is 0.546. The second-order valence-electron chi connectivity index (χ2n) is 7.45. The highest BCUT2D eigenvalue weighted by Crippen LogP contribution is 2.38. The second kappa shape index (κ2) is 8.02. The Balaban J connectivity index is 1.53. The zero-order chi connectivity index (χ0) is 20.4. The SMILES string of the molecule is O=C(NCC(O)CO)C1(Cc2ccc(Cl)cc2)CN(c2nc3ccccc3o2)C1. The summed E-state index contributed by atoms with van der Waals surface area (Å²) in [6, 6.07) is 15.4. The topological polar surface area (TPSA) is 98.8 Å². The summed E-state index contributed by atoms with van der Waals surface area (Å²) in [4.78, 5) is 19.4. The predicted molar refractivity (Wildman–Crippen MR) is 110 cm³/mol. The van der Waals surface area contributed by atoms with Crippen molar-refractivity contribution >= 4 is 34.6 Å². The van der Waals surface area contributed by atoms with E-state index in [1.165, 1.54) is 0 Å². The molecule has 29 heavy (non-hydrogen) atoms. The fourth-order valence-corrected chi connectivity index (χ4v) is 3.73. The monoisotopic (exact) mass is 415 g/mol. The number of aromatic nitrogens is 1. The van der Waals surface area contributed by atoms with Gasteiger partial charge in [0.05, 0.1) is 18.1 Å². The fourth-order valence-electron chi connectivity index (χ4n) is 3.61. The van der Waals surface area contributed by atoms with Crippen LogP contribution in [0.3, 0.4) is 0 Å². The van der Waals surface area contributed by atoms with Crippen LogP contribution < -0.4 is 10.2 Å². The van der Waals surface area contributed by atoms with Crippen LogP contribution in [-0.4, -0.2) is 53.4 Å². The molecule has 1 atom stereocenters. The molecule has 152 valence electrons. The molecule has 3 aromatic rings. The summed E-state index contributed by atoms with van der Waals surface area (Å²) in [5.41, 5.74) is 1.77. The van der Waals surface area contributed by atoms with Crippen molar-refractivity contribution in [2.24, 2.45) is 5.41 Å². The summed E-state index contributed by atoms with van der Waals surface area (Å²) in [6.45, 7) is 0.465. The van der Waals surface area contributed by atoms with Crippen LogP contribution in [0.15, 0.2) is 52.9 Å². The molecule has 1 aromatic heterocycles. The van der Waals surface area contributed by atoms with E-state index in [1.807, 2.05) is 41.3 Å². The lowest BCUT2D eigenvalue weighted by Crippen LogP contribution is -2.65. The first-order valence-corrected chi connectivity index (χ1v) is 9.79. The number of para-hydroxylation sites is 2. The number of amides is 1. The summed E-state index contributed by atoms with van der Waals surface area (Å²) in [6.07, 6.45) is -0.471. The van der Waals surface area contributed by atoms with Crippen molar-refractivity contribution in [3.05, 3.63) is 59.1 Å². The number of carbonyl (C=O) groups is 1. The molecular formula is C21H22ClN3O4. The number of nitrogens with one attached hydrogen (secondary N) is 1. The first kappa shape index (κ1) is 19.7. The molecule has 2 heterocycles. The normalized spacial score (nSPS) is 16.4. The predicted octanol–water partition coefficient (Wildman–Crippen LogP) is 2.00. The van der Waals surface area contributed by atoms with E-state index in [9.17, 15) is 9.90 Å². The zero-order valence-corrected chi connectivity index (χ0v) is 16.5. The van der Waals surface area contributed by atoms with Gasteiger partial charge in [0.25, 0.3) is 6.01 Å². The number of rotatable bonds is 7. The van der Waals surface area contributed by atoms with E-state index < -0.39 is 18.1 Å². The number of benzene rings is 2. The lowest BCUT2D eigenvalue weighted by molar-refractivity contribution is -0.133. The van der Waals surface area contributed by atoms with E-state index in [0.29, 0.717) is 36.1 Å². The lowest BCUT2D eigenvalue weighted by atomic mass is 9.74. The average Bonchev–Trinajstić information content (AvgIpc) is 3.13. The molecule has 8 heteroatoms. The van der Waals surface area contributed by atoms with Crippen LogP contribution in [0.5, 0.6) is 0 Å². The van der Waals surface area contributed by atoms with Gasteiger partial charge in [0, 0.05) is 24.7 Å².